The summed E-state index contributed by atoms with van der Waals surface area (Å²) in [4.78, 5) is 26.6. The van der Waals surface area contributed by atoms with Crippen molar-refractivity contribution < 1.29 is 14.3 Å². The smallest absolute Gasteiger partial charge is 0.229 e. The number of benzene rings is 2. The minimum absolute atomic E-state index is 0.0148. The molecule has 25 heavy (non-hydrogen) atoms. The molecule has 0 radical (unpaired) electrons. The number of hydrogen-bond acceptors (Lipinski definition) is 3. The standard InChI is InChI=1S/C20H22N2O3/c1-3-14-6-4-8-17(10-14)22-13-15(11-19(22)23)20(24)21-16-7-5-9-18(12-16)25-2/h4-10,12,15H,3,11,13H2,1-2H3,(H,21,24)/t15-/m0/s1. The van der Waals surface area contributed by atoms with Crippen LogP contribution in [-0.2, 0) is 16.0 Å². The molecule has 5 nitrogen and oxygen atoms in total. The van der Waals surface area contributed by atoms with E-state index in [0.717, 1.165) is 12.1 Å². The van der Waals surface area contributed by atoms with Crippen molar-refractivity contribution in [3.8, 4) is 5.75 Å². The number of carbonyl (C=O) groups is 2. The molecular formula is C20H22N2O3. The maximum absolute atomic E-state index is 12.5. The second kappa shape index (κ2) is 7.38. The van der Waals surface area contributed by atoms with Crippen molar-refractivity contribution in [2.75, 3.05) is 23.9 Å². The zero-order chi connectivity index (χ0) is 17.8. The van der Waals surface area contributed by atoms with E-state index in [1.54, 1.807) is 24.1 Å². The zero-order valence-electron chi connectivity index (χ0n) is 14.5. The summed E-state index contributed by atoms with van der Waals surface area (Å²) in [5, 5.41) is 2.88. The third-order valence-corrected chi connectivity index (χ3v) is 4.46. The van der Waals surface area contributed by atoms with Crippen molar-refractivity contribution in [2.45, 2.75) is 19.8 Å². The summed E-state index contributed by atoms with van der Waals surface area (Å²) < 4.78 is 5.16. The Kier molecular flexibility index (Phi) is 5.03. The third-order valence-electron chi connectivity index (χ3n) is 4.46. The van der Waals surface area contributed by atoms with Crippen molar-refractivity contribution in [2.24, 2.45) is 5.92 Å². The molecule has 1 atom stereocenters. The lowest BCUT2D eigenvalue weighted by Gasteiger charge is -2.17. The molecule has 0 aliphatic carbocycles. The lowest BCUT2D eigenvalue weighted by atomic mass is 10.1. The summed E-state index contributed by atoms with van der Waals surface area (Å²) in [6.07, 6.45) is 1.14. The first-order chi connectivity index (χ1) is 12.1. The Balaban J connectivity index is 1.69. The Morgan fingerprint density at radius 2 is 2.04 bits per heavy atom. The number of ether oxygens (including phenoxy) is 1. The average Bonchev–Trinajstić information content (AvgIpc) is 3.04. The molecule has 5 heteroatoms. The van der Waals surface area contributed by atoms with Gasteiger partial charge in [0, 0.05) is 30.4 Å². The molecule has 1 aliphatic heterocycles. The molecule has 2 amide bonds. The summed E-state index contributed by atoms with van der Waals surface area (Å²) >= 11 is 0. The van der Waals surface area contributed by atoms with Gasteiger partial charge in [-0.1, -0.05) is 25.1 Å². The molecule has 3 rings (SSSR count). The molecule has 0 bridgehead atoms. The van der Waals surface area contributed by atoms with Crippen LogP contribution in [0.5, 0.6) is 5.75 Å². The fourth-order valence-corrected chi connectivity index (χ4v) is 3.02. The Labute approximate surface area is 147 Å². The lowest BCUT2D eigenvalue weighted by molar-refractivity contribution is -0.122. The molecule has 0 saturated carbocycles. The Morgan fingerprint density at radius 1 is 1.24 bits per heavy atom. The summed E-state index contributed by atoms with van der Waals surface area (Å²) in [5.41, 5.74) is 2.71. The SMILES string of the molecule is CCc1cccc(N2C[C@@H](C(=O)Nc3cccc(OC)c3)CC2=O)c1. The Bertz CT molecular complexity index is 788. The summed E-state index contributed by atoms with van der Waals surface area (Å²) in [6.45, 7) is 2.48. The van der Waals surface area contributed by atoms with E-state index >= 15 is 0 Å². The quantitative estimate of drug-likeness (QED) is 0.910. The molecule has 2 aromatic carbocycles. The van der Waals surface area contributed by atoms with Gasteiger partial charge in [0.25, 0.3) is 0 Å². The van der Waals surface area contributed by atoms with E-state index in [4.69, 9.17) is 4.74 Å². The van der Waals surface area contributed by atoms with E-state index in [9.17, 15) is 9.59 Å². The highest BCUT2D eigenvalue weighted by Gasteiger charge is 2.35. The van der Waals surface area contributed by atoms with Crippen molar-refractivity contribution in [1.29, 1.82) is 0 Å². The zero-order valence-corrected chi connectivity index (χ0v) is 14.5. The van der Waals surface area contributed by atoms with Crippen LogP contribution < -0.4 is 15.0 Å². The molecule has 1 heterocycles. The predicted octanol–water partition coefficient (Wildman–Crippen LogP) is 3.25. The largest absolute Gasteiger partial charge is 0.497 e. The van der Waals surface area contributed by atoms with Crippen LogP contribution in [0.4, 0.5) is 11.4 Å². The fraction of sp³-hybridized carbons (Fsp3) is 0.300. The van der Waals surface area contributed by atoms with E-state index in [-0.39, 0.29) is 24.2 Å². The molecule has 1 saturated heterocycles. The van der Waals surface area contributed by atoms with Gasteiger partial charge in [0.1, 0.15) is 5.75 Å². The topological polar surface area (TPSA) is 58.6 Å². The molecule has 0 aromatic heterocycles. The van der Waals surface area contributed by atoms with Crippen LogP contribution >= 0.6 is 0 Å². The van der Waals surface area contributed by atoms with Gasteiger partial charge >= 0.3 is 0 Å². The number of methoxy groups -OCH3 is 1. The summed E-state index contributed by atoms with van der Waals surface area (Å²) in [6, 6.07) is 15.1. The van der Waals surface area contributed by atoms with E-state index in [0.29, 0.717) is 18.0 Å². The lowest BCUT2D eigenvalue weighted by Crippen LogP contribution is -2.28. The van der Waals surface area contributed by atoms with Gasteiger partial charge in [-0.2, -0.15) is 0 Å². The number of nitrogens with zero attached hydrogens (tertiary/aromatic N) is 1. The van der Waals surface area contributed by atoms with Crippen LogP contribution in [0, 0.1) is 5.92 Å². The van der Waals surface area contributed by atoms with Gasteiger partial charge < -0.3 is 15.0 Å². The number of anilines is 2. The van der Waals surface area contributed by atoms with Gasteiger partial charge in [-0.3, -0.25) is 9.59 Å². The maximum atomic E-state index is 12.5. The van der Waals surface area contributed by atoms with Crippen LogP contribution in [0.25, 0.3) is 0 Å². The van der Waals surface area contributed by atoms with Gasteiger partial charge in [0.2, 0.25) is 11.8 Å². The van der Waals surface area contributed by atoms with Gasteiger partial charge in [0.15, 0.2) is 0 Å². The van der Waals surface area contributed by atoms with Gasteiger partial charge in [-0.25, -0.2) is 0 Å². The molecule has 1 fully saturated rings. The highest BCUT2D eigenvalue weighted by Crippen LogP contribution is 2.27. The van der Waals surface area contributed by atoms with E-state index in [1.807, 2.05) is 36.4 Å². The highest BCUT2D eigenvalue weighted by atomic mass is 16.5. The molecule has 2 aromatic rings. The molecule has 0 spiro atoms. The fourth-order valence-electron chi connectivity index (χ4n) is 3.02. The van der Waals surface area contributed by atoms with Crippen LogP contribution in [-0.4, -0.2) is 25.5 Å². The van der Waals surface area contributed by atoms with Crippen molar-refractivity contribution in [1.82, 2.24) is 0 Å². The monoisotopic (exact) mass is 338 g/mol. The number of nitrogens with one attached hydrogen (secondary N) is 1. The Hall–Kier alpha value is -2.82. The van der Waals surface area contributed by atoms with Crippen LogP contribution in [0.2, 0.25) is 0 Å². The van der Waals surface area contributed by atoms with E-state index in [2.05, 4.69) is 12.2 Å². The molecule has 130 valence electrons. The van der Waals surface area contributed by atoms with Crippen LogP contribution in [0.15, 0.2) is 48.5 Å². The third kappa shape index (κ3) is 3.82. The number of rotatable bonds is 5. The van der Waals surface area contributed by atoms with Gasteiger partial charge in [-0.15, -0.1) is 0 Å². The average molecular weight is 338 g/mol. The van der Waals surface area contributed by atoms with E-state index < -0.39 is 0 Å². The molecule has 0 unspecified atom stereocenters. The Morgan fingerprint density at radius 3 is 2.80 bits per heavy atom. The maximum Gasteiger partial charge on any atom is 0.229 e. The summed E-state index contributed by atoms with van der Waals surface area (Å²) in [5.74, 6) is 0.164. The first-order valence-electron chi connectivity index (χ1n) is 8.45. The van der Waals surface area contributed by atoms with Crippen molar-refractivity contribution in [3.05, 3.63) is 54.1 Å². The predicted molar refractivity (Wildman–Crippen MR) is 97.9 cm³/mol. The molecule has 1 aliphatic rings. The molecular weight excluding hydrogens is 316 g/mol. The minimum atomic E-state index is -0.357. The van der Waals surface area contributed by atoms with Gasteiger partial charge in [-0.05, 0) is 36.2 Å². The number of hydrogen-bond donors (Lipinski definition) is 1. The van der Waals surface area contributed by atoms with Crippen molar-refractivity contribution >= 4 is 23.2 Å². The second-order valence-corrected chi connectivity index (χ2v) is 6.15. The number of aryl methyl sites for hydroxylation is 1. The van der Waals surface area contributed by atoms with Crippen LogP contribution in [0.1, 0.15) is 18.9 Å². The first-order valence-corrected chi connectivity index (χ1v) is 8.45. The molecule has 1 N–H and O–H groups in total. The minimum Gasteiger partial charge on any atom is -0.497 e. The van der Waals surface area contributed by atoms with Crippen LogP contribution in [0.3, 0.4) is 0 Å². The number of carbonyl (C=O) groups excluding carboxylic acids is 2. The second-order valence-electron chi connectivity index (χ2n) is 6.15. The highest BCUT2D eigenvalue weighted by molar-refractivity contribution is 6.03. The summed E-state index contributed by atoms with van der Waals surface area (Å²) in [7, 11) is 1.58. The first kappa shape index (κ1) is 17.0. The normalized spacial score (nSPS) is 16.8. The van der Waals surface area contributed by atoms with Crippen molar-refractivity contribution in [3.63, 3.8) is 0 Å². The number of amides is 2. The van der Waals surface area contributed by atoms with E-state index in [1.165, 1.54) is 5.56 Å². The van der Waals surface area contributed by atoms with Gasteiger partial charge in [0.05, 0.1) is 13.0 Å².